The zero-order chi connectivity index (χ0) is 19.2. The lowest BCUT2D eigenvalue weighted by Crippen LogP contribution is -2.39. The van der Waals surface area contributed by atoms with Crippen LogP contribution in [0.25, 0.3) is 10.9 Å². The van der Waals surface area contributed by atoms with Crippen molar-refractivity contribution < 1.29 is 9.53 Å². The van der Waals surface area contributed by atoms with Gasteiger partial charge in [0.2, 0.25) is 0 Å². The number of para-hydroxylation sites is 1. The summed E-state index contributed by atoms with van der Waals surface area (Å²) in [6.45, 7) is 4.08. The highest BCUT2D eigenvalue weighted by molar-refractivity contribution is 5.83. The van der Waals surface area contributed by atoms with Crippen molar-refractivity contribution in [2.75, 3.05) is 37.7 Å². The Balaban J connectivity index is 1.28. The molecule has 7 nitrogen and oxygen atoms in total. The molecule has 0 aliphatic carbocycles. The second kappa shape index (κ2) is 8.75. The van der Waals surface area contributed by atoms with Crippen molar-refractivity contribution in [2.24, 2.45) is 0 Å². The fourth-order valence-electron chi connectivity index (χ4n) is 3.52. The zero-order valence-electron chi connectivity index (χ0n) is 15.8. The van der Waals surface area contributed by atoms with E-state index in [-0.39, 0.29) is 6.03 Å². The van der Waals surface area contributed by atoms with E-state index < -0.39 is 0 Å². The van der Waals surface area contributed by atoms with E-state index in [1.807, 2.05) is 30.5 Å². The van der Waals surface area contributed by atoms with Crippen molar-refractivity contribution in [2.45, 2.75) is 13.0 Å². The van der Waals surface area contributed by atoms with Gasteiger partial charge in [-0.25, -0.2) is 9.78 Å². The molecule has 0 radical (unpaired) electrons. The van der Waals surface area contributed by atoms with Gasteiger partial charge >= 0.3 is 6.03 Å². The third kappa shape index (κ3) is 4.26. The van der Waals surface area contributed by atoms with Crippen LogP contribution in [0.1, 0.15) is 11.1 Å². The van der Waals surface area contributed by atoms with Crippen molar-refractivity contribution in [1.82, 2.24) is 20.6 Å². The van der Waals surface area contributed by atoms with Crippen LogP contribution in [0.15, 0.2) is 48.8 Å². The molecule has 2 aromatic heterocycles. The number of rotatable bonds is 6. The molecule has 28 heavy (non-hydrogen) atoms. The Kier molecular flexibility index (Phi) is 5.72. The maximum absolute atomic E-state index is 12.2. The number of ether oxygens (including phenoxy) is 1. The number of morpholine rings is 1. The van der Waals surface area contributed by atoms with Crippen LogP contribution in [0.3, 0.4) is 0 Å². The Morgan fingerprint density at radius 3 is 2.86 bits per heavy atom. The molecule has 0 unspecified atom stereocenters. The van der Waals surface area contributed by atoms with Crippen LogP contribution in [0.4, 0.5) is 10.6 Å². The summed E-state index contributed by atoms with van der Waals surface area (Å²) in [5.41, 5.74) is 3.34. The average molecular weight is 379 g/mol. The molecule has 3 heterocycles. The second-order valence-corrected chi connectivity index (χ2v) is 6.80. The highest BCUT2D eigenvalue weighted by atomic mass is 16.5. The minimum atomic E-state index is -0.170. The Hall–Kier alpha value is -3.06. The number of aromatic nitrogens is 2. The van der Waals surface area contributed by atoms with E-state index in [1.165, 1.54) is 10.9 Å². The summed E-state index contributed by atoms with van der Waals surface area (Å²) in [4.78, 5) is 22.2. The fraction of sp³-hybridized carbons (Fsp3) is 0.333. The third-order valence-electron chi connectivity index (χ3n) is 4.97. The Morgan fingerprint density at radius 2 is 1.96 bits per heavy atom. The summed E-state index contributed by atoms with van der Waals surface area (Å²) in [6.07, 6.45) is 4.58. The molecule has 1 fully saturated rings. The first kappa shape index (κ1) is 18.3. The lowest BCUT2D eigenvalue weighted by Gasteiger charge is -2.29. The average Bonchev–Trinajstić information content (AvgIpc) is 3.16. The fourth-order valence-corrected chi connectivity index (χ4v) is 3.52. The number of hydrogen-bond donors (Lipinski definition) is 3. The van der Waals surface area contributed by atoms with Gasteiger partial charge in [-0.15, -0.1) is 0 Å². The van der Waals surface area contributed by atoms with Gasteiger partial charge < -0.3 is 25.3 Å². The number of benzene rings is 1. The van der Waals surface area contributed by atoms with Crippen molar-refractivity contribution in [3.8, 4) is 0 Å². The zero-order valence-corrected chi connectivity index (χ0v) is 15.8. The van der Waals surface area contributed by atoms with Crippen LogP contribution in [0.2, 0.25) is 0 Å². The molecule has 7 heteroatoms. The highest BCUT2D eigenvalue weighted by Gasteiger charge is 2.16. The standard InChI is InChI=1S/C21H25N5O2/c27-21(23-9-7-16-14-24-19-6-2-1-5-18(16)19)25-15-17-4-3-8-22-20(17)26-10-12-28-13-11-26/h1-6,8,14,24H,7,9-13,15H2,(H2,23,25,27). The summed E-state index contributed by atoms with van der Waals surface area (Å²) < 4.78 is 5.41. The molecule has 1 saturated heterocycles. The van der Waals surface area contributed by atoms with E-state index in [9.17, 15) is 4.79 Å². The molecule has 1 aromatic carbocycles. The van der Waals surface area contributed by atoms with Crippen molar-refractivity contribution in [3.63, 3.8) is 0 Å². The number of pyridine rings is 1. The summed E-state index contributed by atoms with van der Waals surface area (Å²) in [5, 5.41) is 7.08. The number of carbonyl (C=O) groups is 1. The SMILES string of the molecule is O=C(NCCc1c[nH]c2ccccc12)NCc1cccnc1N1CCOCC1. The van der Waals surface area contributed by atoms with Crippen molar-refractivity contribution in [3.05, 3.63) is 59.9 Å². The number of carbonyl (C=O) groups excluding carboxylic acids is 1. The van der Waals surface area contributed by atoms with E-state index in [1.54, 1.807) is 6.20 Å². The lowest BCUT2D eigenvalue weighted by molar-refractivity contribution is 0.122. The maximum atomic E-state index is 12.2. The highest BCUT2D eigenvalue weighted by Crippen LogP contribution is 2.19. The van der Waals surface area contributed by atoms with Crippen LogP contribution in [-0.2, 0) is 17.7 Å². The Labute approximate surface area is 164 Å². The number of anilines is 1. The first-order chi connectivity index (χ1) is 13.8. The summed E-state index contributed by atoms with van der Waals surface area (Å²) >= 11 is 0. The molecular formula is C21H25N5O2. The molecular weight excluding hydrogens is 354 g/mol. The number of urea groups is 1. The van der Waals surface area contributed by atoms with Gasteiger partial charge in [-0.3, -0.25) is 0 Å². The molecule has 4 rings (SSSR count). The number of nitrogens with one attached hydrogen (secondary N) is 3. The monoisotopic (exact) mass is 379 g/mol. The quantitative estimate of drug-likeness (QED) is 0.614. The van der Waals surface area contributed by atoms with Gasteiger partial charge in [0.1, 0.15) is 5.82 Å². The molecule has 2 amide bonds. The predicted molar refractivity (Wildman–Crippen MR) is 110 cm³/mol. The van der Waals surface area contributed by atoms with E-state index in [4.69, 9.17) is 4.74 Å². The predicted octanol–water partition coefficient (Wildman–Crippen LogP) is 2.44. The largest absolute Gasteiger partial charge is 0.378 e. The molecule has 1 aliphatic rings. The first-order valence-electron chi connectivity index (χ1n) is 9.64. The van der Waals surface area contributed by atoms with Gasteiger partial charge in [0, 0.05) is 55.0 Å². The summed E-state index contributed by atoms with van der Waals surface area (Å²) in [7, 11) is 0. The van der Waals surface area contributed by atoms with Gasteiger partial charge in [0.05, 0.1) is 13.2 Å². The number of hydrogen-bond acceptors (Lipinski definition) is 4. The van der Waals surface area contributed by atoms with Crippen LogP contribution >= 0.6 is 0 Å². The van der Waals surface area contributed by atoms with Gasteiger partial charge in [-0.05, 0) is 24.1 Å². The topological polar surface area (TPSA) is 82.3 Å². The van der Waals surface area contributed by atoms with Crippen molar-refractivity contribution in [1.29, 1.82) is 0 Å². The van der Waals surface area contributed by atoms with E-state index in [0.717, 1.165) is 36.4 Å². The van der Waals surface area contributed by atoms with Gasteiger partial charge in [-0.2, -0.15) is 0 Å². The van der Waals surface area contributed by atoms with Crippen LogP contribution in [-0.4, -0.2) is 48.8 Å². The summed E-state index contributed by atoms with van der Waals surface area (Å²) in [6, 6.07) is 11.9. The number of aromatic amines is 1. The summed E-state index contributed by atoms with van der Waals surface area (Å²) in [5.74, 6) is 0.921. The lowest BCUT2D eigenvalue weighted by atomic mass is 10.1. The van der Waals surface area contributed by atoms with Crippen LogP contribution in [0, 0.1) is 0 Å². The second-order valence-electron chi connectivity index (χ2n) is 6.80. The molecule has 0 atom stereocenters. The third-order valence-corrected chi connectivity index (χ3v) is 4.97. The van der Waals surface area contributed by atoms with E-state index >= 15 is 0 Å². The van der Waals surface area contributed by atoms with Gasteiger partial charge in [0.25, 0.3) is 0 Å². The van der Waals surface area contributed by atoms with E-state index in [0.29, 0.717) is 26.3 Å². The minimum absolute atomic E-state index is 0.170. The van der Waals surface area contributed by atoms with Crippen molar-refractivity contribution >= 4 is 22.8 Å². The minimum Gasteiger partial charge on any atom is -0.378 e. The maximum Gasteiger partial charge on any atom is 0.315 e. The van der Waals surface area contributed by atoms with Gasteiger partial charge in [-0.1, -0.05) is 24.3 Å². The molecule has 1 aliphatic heterocycles. The molecule has 0 bridgehead atoms. The molecule has 146 valence electrons. The molecule has 0 spiro atoms. The van der Waals surface area contributed by atoms with Crippen LogP contribution < -0.4 is 15.5 Å². The Morgan fingerprint density at radius 1 is 1.11 bits per heavy atom. The number of H-pyrrole nitrogens is 1. The molecule has 0 saturated carbocycles. The van der Waals surface area contributed by atoms with E-state index in [2.05, 4.69) is 37.6 Å². The number of amides is 2. The smallest absolute Gasteiger partial charge is 0.315 e. The molecule has 3 aromatic rings. The molecule has 3 N–H and O–H groups in total. The Bertz CT molecular complexity index is 933. The first-order valence-corrected chi connectivity index (χ1v) is 9.64. The number of fused-ring (bicyclic) bond motifs is 1. The number of nitrogens with zero attached hydrogens (tertiary/aromatic N) is 2. The van der Waals surface area contributed by atoms with Gasteiger partial charge in [0.15, 0.2) is 0 Å². The normalized spacial score (nSPS) is 14.2. The van der Waals surface area contributed by atoms with Crippen LogP contribution in [0.5, 0.6) is 0 Å².